The molecule has 3 aromatic rings. The summed E-state index contributed by atoms with van der Waals surface area (Å²) in [5.41, 5.74) is 2.86. The lowest BCUT2D eigenvalue weighted by Crippen LogP contribution is -2.25. The number of benzene rings is 2. The van der Waals surface area contributed by atoms with Gasteiger partial charge in [-0.2, -0.15) is 0 Å². The zero-order chi connectivity index (χ0) is 21.1. The van der Waals surface area contributed by atoms with Gasteiger partial charge in [0.05, 0.1) is 17.3 Å². The standard InChI is InChI=1S/C23H21BrClN3O2/c24-17-10-7-16(8-11-17)21-6-3-13-28(21)23-26-14-18(22(29)30)20(27-23)12-9-15-4-1-2-5-19(15)25/h1-2,4-5,7-8,10-11,14,21H,3,6,9,12-13H2,(H,29,30)/t21-/m0/s1. The fourth-order valence-corrected chi connectivity index (χ4v) is 4.40. The number of halogens is 2. The van der Waals surface area contributed by atoms with E-state index in [0.29, 0.717) is 29.5 Å². The molecule has 0 saturated carbocycles. The van der Waals surface area contributed by atoms with E-state index in [0.717, 1.165) is 29.4 Å². The van der Waals surface area contributed by atoms with Gasteiger partial charge in [0.1, 0.15) is 0 Å². The molecule has 30 heavy (non-hydrogen) atoms. The smallest absolute Gasteiger partial charge is 0.339 e. The fraction of sp³-hybridized carbons (Fsp3) is 0.261. The molecule has 0 unspecified atom stereocenters. The molecule has 1 aromatic heterocycles. The van der Waals surface area contributed by atoms with Gasteiger partial charge in [0, 0.05) is 22.2 Å². The van der Waals surface area contributed by atoms with Gasteiger partial charge in [0.25, 0.3) is 0 Å². The highest BCUT2D eigenvalue weighted by molar-refractivity contribution is 9.10. The van der Waals surface area contributed by atoms with Gasteiger partial charge in [-0.25, -0.2) is 14.8 Å². The summed E-state index contributed by atoms with van der Waals surface area (Å²) < 4.78 is 1.04. The van der Waals surface area contributed by atoms with Gasteiger partial charge in [-0.3, -0.25) is 0 Å². The van der Waals surface area contributed by atoms with Gasteiger partial charge < -0.3 is 10.0 Å². The largest absolute Gasteiger partial charge is 0.478 e. The average Bonchev–Trinajstić information content (AvgIpc) is 3.23. The minimum atomic E-state index is -1.01. The monoisotopic (exact) mass is 485 g/mol. The van der Waals surface area contributed by atoms with Crippen molar-refractivity contribution in [1.82, 2.24) is 9.97 Å². The van der Waals surface area contributed by atoms with Crippen LogP contribution < -0.4 is 4.90 Å². The third-order valence-corrected chi connectivity index (χ3v) is 6.34. The molecule has 154 valence electrons. The SMILES string of the molecule is O=C(O)c1cnc(N2CCC[C@H]2c2ccc(Br)cc2)nc1CCc1ccccc1Cl. The lowest BCUT2D eigenvalue weighted by atomic mass is 10.0. The summed E-state index contributed by atoms with van der Waals surface area (Å²) >= 11 is 9.75. The van der Waals surface area contributed by atoms with Crippen molar-refractivity contribution in [3.8, 4) is 0 Å². The molecule has 1 atom stereocenters. The lowest BCUT2D eigenvalue weighted by molar-refractivity contribution is 0.0694. The Bertz CT molecular complexity index is 1060. The van der Waals surface area contributed by atoms with Crippen LogP contribution in [-0.2, 0) is 12.8 Å². The first-order valence-corrected chi connectivity index (χ1v) is 11.0. The number of rotatable bonds is 6. The zero-order valence-corrected chi connectivity index (χ0v) is 18.6. The zero-order valence-electron chi connectivity index (χ0n) is 16.3. The van der Waals surface area contributed by atoms with Crippen molar-refractivity contribution in [2.24, 2.45) is 0 Å². The molecular formula is C23H21BrClN3O2. The minimum absolute atomic E-state index is 0.144. The van der Waals surface area contributed by atoms with Crippen molar-refractivity contribution in [3.63, 3.8) is 0 Å². The van der Waals surface area contributed by atoms with Gasteiger partial charge >= 0.3 is 5.97 Å². The molecule has 2 heterocycles. The summed E-state index contributed by atoms with van der Waals surface area (Å²) in [6.45, 7) is 0.844. The maximum atomic E-state index is 11.7. The predicted octanol–water partition coefficient (Wildman–Crippen LogP) is 5.72. The average molecular weight is 487 g/mol. The third kappa shape index (κ3) is 4.50. The highest BCUT2D eigenvalue weighted by Gasteiger charge is 2.29. The number of carbonyl (C=O) groups is 1. The number of hydrogen-bond acceptors (Lipinski definition) is 4. The van der Waals surface area contributed by atoms with Crippen LogP contribution in [0.5, 0.6) is 0 Å². The number of aromatic nitrogens is 2. The van der Waals surface area contributed by atoms with E-state index in [1.807, 2.05) is 36.4 Å². The molecule has 1 fully saturated rings. The van der Waals surface area contributed by atoms with E-state index in [2.05, 4.69) is 37.9 Å². The van der Waals surface area contributed by atoms with Crippen LogP contribution in [0.1, 0.15) is 46.1 Å². The van der Waals surface area contributed by atoms with Crippen LogP contribution in [0.3, 0.4) is 0 Å². The maximum Gasteiger partial charge on any atom is 0.339 e. The number of anilines is 1. The van der Waals surface area contributed by atoms with Crippen LogP contribution in [0.15, 0.2) is 59.2 Å². The van der Waals surface area contributed by atoms with Gasteiger partial charge in [-0.15, -0.1) is 0 Å². The quantitative estimate of drug-likeness (QED) is 0.483. The Kier molecular flexibility index (Phi) is 6.35. The first kappa shape index (κ1) is 20.8. The van der Waals surface area contributed by atoms with Crippen LogP contribution in [0, 0.1) is 0 Å². The van der Waals surface area contributed by atoms with Crippen LogP contribution in [0.4, 0.5) is 5.95 Å². The lowest BCUT2D eigenvalue weighted by Gasteiger charge is -2.25. The number of aromatic carboxylic acids is 1. The van der Waals surface area contributed by atoms with Gasteiger partial charge in [0.15, 0.2) is 0 Å². The number of carboxylic acids is 1. The summed E-state index contributed by atoms with van der Waals surface area (Å²) in [5.74, 6) is -0.429. The number of aryl methyl sites for hydroxylation is 2. The molecule has 0 radical (unpaired) electrons. The molecule has 0 aliphatic carbocycles. The van der Waals surface area contributed by atoms with Crippen LogP contribution in [0.2, 0.25) is 5.02 Å². The molecular weight excluding hydrogens is 466 g/mol. The summed E-state index contributed by atoms with van der Waals surface area (Å²) in [4.78, 5) is 23.0. The van der Waals surface area contributed by atoms with E-state index in [1.165, 1.54) is 11.8 Å². The van der Waals surface area contributed by atoms with Crippen LogP contribution in [-0.4, -0.2) is 27.6 Å². The van der Waals surface area contributed by atoms with E-state index in [1.54, 1.807) is 0 Å². The second-order valence-corrected chi connectivity index (χ2v) is 8.65. The Balaban J connectivity index is 1.62. The molecule has 1 saturated heterocycles. The molecule has 0 bridgehead atoms. The van der Waals surface area contributed by atoms with Gasteiger partial charge in [-0.1, -0.05) is 57.9 Å². The van der Waals surface area contributed by atoms with Crippen molar-refractivity contribution < 1.29 is 9.90 Å². The van der Waals surface area contributed by atoms with Crippen molar-refractivity contribution in [2.75, 3.05) is 11.4 Å². The third-order valence-electron chi connectivity index (χ3n) is 5.44. The molecule has 7 heteroatoms. The van der Waals surface area contributed by atoms with E-state index in [-0.39, 0.29) is 11.6 Å². The summed E-state index contributed by atoms with van der Waals surface area (Å²) in [6.07, 6.45) is 4.59. The highest BCUT2D eigenvalue weighted by Crippen LogP contribution is 2.35. The van der Waals surface area contributed by atoms with E-state index in [9.17, 15) is 9.90 Å². The second-order valence-electron chi connectivity index (χ2n) is 7.33. The number of nitrogens with zero attached hydrogens (tertiary/aromatic N) is 3. The molecule has 1 N–H and O–H groups in total. The molecule has 0 amide bonds. The second kappa shape index (κ2) is 9.14. The molecule has 1 aliphatic heterocycles. The van der Waals surface area contributed by atoms with Gasteiger partial charge in [0.2, 0.25) is 5.95 Å². The maximum absolute atomic E-state index is 11.7. The van der Waals surface area contributed by atoms with E-state index < -0.39 is 5.97 Å². The van der Waals surface area contributed by atoms with Gasteiger partial charge in [-0.05, 0) is 55.0 Å². The predicted molar refractivity (Wildman–Crippen MR) is 121 cm³/mol. The topological polar surface area (TPSA) is 66.3 Å². The van der Waals surface area contributed by atoms with Crippen molar-refractivity contribution in [3.05, 3.63) is 86.6 Å². The molecule has 1 aliphatic rings. The highest BCUT2D eigenvalue weighted by atomic mass is 79.9. The molecule has 2 aromatic carbocycles. The van der Waals surface area contributed by atoms with Crippen LogP contribution >= 0.6 is 27.5 Å². The Morgan fingerprint density at radius 2 is 1.93 bits per heavy atom. The molecule has 5 nitrogen and oxygen atoms in total. The Labute approximate surface area is 188 Å². The van der Waals surface area contributed by atoms with Crippen molar-refractivity contribution >= 4 is 39.4 Å². The first-order valence-electron chi connectivity index (χ1n) is 9.87. The normalized spacial score (nSPS) is 16.1. The minimum Gasteiger partial charge on any atom is -0.478 e. The summed E-state index contributed by atoms with van der Waals surface area (Å²) in [5, 5.41) is 10.3. The first-order chi connectivity index (χ1) is 14.5. The summed E-state index contributed by atoms with van der Waals surface area (Å²) in [7, 11) is 0. The van der Waals surface area contributed by atoms with Crippen LogP contribution in [0.25, 0.3) is 0 Å². The Morgan fingerprint density at radius 1 is 1.17 bits per heavy atom. The fourth-order valence-electron chi connectivity index (χ4n) is 3.91. The molecule has 0 spiro atoms. The van der Waals surface area contributed by atoms with E-state index in [4.69, 9.17) is 16.6 Å². The number of hydrogen-bond donors (Lipinski definition) is 1. The Morgan fingerprint density at radius 3 is 2.67 bits per heavy atom. The number of carboxylic acid groups (broad SMARTS) is 1. The van der Waals surface area contributed by atoms with Crippen molar-refractivity contribution in [1.29, 1.82) is 0 Å². The van der Waals surface area contributed by atoms with Crippen molar-refractivity contribution in [2.45, 2.75) is 31.7 Å². The Hall–Kier alpha value is -2.44. The summed E-state index contributed by atoms with van der Waals surface area (Å²) in [6, 6.07) is 16.1. The van der Waals surface area contributed by atoms with E-state index >= 15 is 0 Å². The molecule has 4 rings (SSSR count).